The van der Waals surface area contributed by atoms with Gasteiger partial charge >= 0.3 is 6.09 Å². The number of amides is 1. The Kier molecular flexibility index (Phi) is 1.97. The topological polar surface area (TPSA) is 90.9 Å². The Morgan fingerprint density at radius 1 is 1.64 bits per heavy atom. The van der Waals surface area contributed by atoms with E-state index in [0.717, 1.165) is 0 Å². The van der Waals surface area contributed by atoms with Crippen LogP contribution in [0.1, 0.15) is 0 Å². The summed E-state index contributed by atoms with van der Waals surface area (Å²) in [5, 5.41) is 11.0. The van der Waals surface area contributed by atoms with Crippen molar-refractivity contribution in [2.75, 3.05) is 5.32 Å². The second-order valence-electron chi connectivity index (χ2n) is 2.54. The summed E-state index contributed by atoms with van der Waals surface area (Å²) in [4.78, 5) is 20.8. The molecular formula is C7H5ClN4O2. The Balaban J connectivity index is 2.46. The molecule has 3 N–H and O–H groups in total. The van der Waals surface area contributed by atoms with E-state index in [9.17, 15) is 4.79 Å². The third-order valence-corrected chi connectivity index (χ3v) is 1.74. The van der Waals surface area contributed by atoms with E-state index >= 15 is 0 Å². The van der Waals surface area contributed by atoms with E-state index in [1.165, 1.54) is 6.20 Å². The molecule has 0 radical (unpaired) electrons. The Bertz CT molecular complexity index is 495. The first-order valence-electron chi connectivity index (χ1n) is 3.66. The molecule has 0 saturated carbocycles. The molecule has 0 spiro atoms. The molecule has 0 saturated heterocycles. The number of pyridine rings is 1. The van der Waals surface area contributed by atoms with Gasteiger partial charge in [-0.3, -0.25) is 5.32 Å². The van der Waals surface area contributed by atoms with E-state index in [2.05, 4.69) is 20.3 Å². The molecule has 0 aliphatic rings. The highest BCUT2D eigenvalue weighted by Crippen LogP contribution is 2.16. The van der Waals surface area contributed by atoms with Crippen LogP contribution in [0, 0.1) is 0 Å². The van der Waals surface area contributed by atoms with Crippen LogP contribution in [0.2, 0.25) is 5.02 Å². The Morgan fingerprint density at radius 3 is 3.14 bits per heavy atom. The molecule has 0 aliphatic heterocycles. The summed E-state index contributed by atoms with van der Waals surface area (Å²) in [5.74, 6) is 0.127. The minimum Gasteiger partial charge on any atom is -0.465 e. The zero-order chi connectivity index (χ0) is 10.1. The van der Waals surface area contributed by atoms with Crippen LogP contribution in [0.15, 0.2) is 12.3 Å². The van der Waals surface area contributed by atoms with Crippen LogP contribution in [0.4, 0.5) is 10.7 Å². The molecule has 0 bridgehead atoms. The summed E-state index contributed by atoms with van der Waals surface area (Å²) in [6.07, 6.45) is 0.255. The molecule has 2 rings (SSSR count). The minimum absolute atomic E-state index is 0.127. The maximum atomic E-state index is 10.3. The maximum absolute atomic E-state index is 10.3. The van der Waals surface area contributed by atoms with Gasteiger partial charge in [-0.1, -0.05) is 11.6 Å². The van der Waals surface area contributed by atoms with E-state index in [1.807, 2.05) is 0 Å². The molecule has 1 amide bonds. The zero-order valence-corrected chi connectivity index (χ0v) is 7.54. The van der Waals surface area contributed by atoms with Gasteiger partial charge in [-0.05, 0) is 6.07 Å². The molecule has 0 fully saturated rings. The van der Waals surface area contributed by atoms with Crippen molar-refractivity contribution in [2.24, 2.45) is 0 Å². The van der Waals surface area contributed by atoms with E-state index < -0.39 is 6.09 Å². The molecule has 72 valence electrons. The van der Waals surface area contributed by atoms with Gasteiger partial charge in [-0.15, -0.1) is 0 Å². The number of rotatable bonds is 1. The summed E-state index contributed by atoms with van der Waals surface area (Å²) < 4.78 is 0. The van der Waals surface area contributed by atoms with Crippen molar-refractivity contribution in [3.8, 4) is 0 Å². The molecule has 0 unspecified atom stereocenters. The number of nitrogens with zero attached hydrogens (tertiary/aromatic N) is 2. The third-order valence-electron chi connectivity index (χ3n) is 1.53. The maximum Gasteiger partial charge on any atom is 0.411 e. The summed E-state index contributed by atoms with van der Waals surface area (Å²) in [6.45, 7) is 0. The van der Waals surface area contributed by atoms with Gasteiger partial charge in [0.25, 0.3) is 0 Å². The fourth-order valence-corrected chi connectivity index (χ4v) is 1.19. The fourth-order valence-electron chi connectivity index (χ4n) is 1.04. The molecule has 6 nitrogen and oxygen atoms in total. The summed E-state index contributed by atoms with van der Waals surface area (Å²) in [6, 6.07) is 1.61. The number of imidazole rings is 1. The summed E-state index contributed by atoms with van der Waals surface area (Å²) in [7, 11) is 0. The van der Waals surface area contributed by atoms with Gasteiger partial charge in [0.2, 0.25) is 5.95 Å². The van der Waals surface area contributed by atoms with Crippen LogP contribution in [-0.2, 0) is 0 Å². The van der Waals surface area contributed by atoms with Crippen LogP contribution in [-0.4, -0.2) is 26.2 Å². The minimum atomic E-state index is -1.19. The van der Waals surface area contributed by atoms with Crippen molar-refractivity contribution in [3.05, 3.63) is 17.3 Å². The molecule has 2 aromatic rings. The third kappa shape index (κ3) is 1.60. The first kappa shape index (κ1) is 8.76. The molecule has 0 aromatic carbocycles. The van der Waals surface area contributed by atoms with Gasteiger partial charge in [-0.2, -0.15) is 4.98 Å². The molecule has 7 heteroatoms. The fraction of sp³-hybridized carbons (Fsp3) is 0. The average molecular weight is 213 g/mol. The average Bonchev–Trinajstić information content (AvgIpc) is 2.44. The molecule has 2 heterocycles. The van der Waals surface area contributed by atoms with Gasteiger partial charge < -0.3 is 10.1 Å². The molecule has 2 aromatic heterocycles. The number of aromatic amines is 1. The SMILES string of the molecule is O=C(O)Nc1nc2ncc(Cl)cc2[nH]1. The van der Waals surface area contributed by atoms with E-state index in [-0.39, 0.29) is 5.95 Å². The number of hydrogen-bond acceptors (Lipinski definition) is 3. The second-order valence-corrected chi connectivity index (χ2v) is 2.98. The highest BCUT2D eigenvalue weighted by Gasteiger charge is 2.05. The Hall–Kier alpha value is -1.82. The van der Waals surface area contributed by atoms with Crippen molar-refractivity contribution >= 4 is 34.8 Å². The first-order valence-corrected chi connectivity index (χ1v) is 4.04. The first-order chi connectivity index (χ1) is 6.65. The van der Waals surface area contributed by atoms with Gasteiger partial charge in [0.15, 0.2) is 5.65 Å². The number of hydrogen-bond donors (Lipinski definition) is 3. The number of fused-ring (bicyclic) bond motifs is 1. The van der Waals surface area contributed by atoms with Crippen molar-refractivity contribution in [2.45, 2.75) is 0 Å². The van der Waals surface area contributed by atoms with Gasteiger partial charge in [0, 0.05) is 6.20 Å². The number of aromatic nitrogens is 3. The molecule has 14 heavy (non-hydrogen) atoms. The summed E-state index contributed by atoms with van der Waals surface area (Å²) in [5.41, 5.74) is 0.999. The number of carbonyl (C=O) groups is 1. The highest BCUT2D eigenvalue weighted by molar-refractivity contribution is 6.31. The Labute approximate surface area is 82.9 Å². The smallest absolute Gasteiger partial charge is 0.411 e. The monoisotopic (exact) mass is 212 g/mol. The number of nitrogens with one attached hydrogen (secondary N) is 2. The highest BCUT2D eigenvalue weighted by atomic mass is 35.5. The lowest BCUT2D eigenvalue weighted by atomic mass is 10.4. The Morgan fingerprint density at radius 2 is 2.43 bits per heavy atom. The van der Waals surface area contributed by atoms with Crippen LogP contribution in [0.5, 0.6) is 0 Å². The predicted molar refractivity (Wildman–Crippen MR) is 50.5 cm³/mol. The van der Waals surface area contributed by atoms with Crippen molar-refractivity contribution in [3.63, 3.8) is 0 Å². The quantitative estimate of drug-likeness (QED) is 0.671. The number of anilines is 1. The van der Waals surface area contributed by atoms with Crippen LogP contribution < -0.4 is 5.32 Å². The number of halogens is 1. The van der Waals surface area contributed by atoms with Gasteiger partial charge in [0.05, 0.1) is 10.5 Å². The van der Waals surface area contributed by atoms with Gasteiger partial charge in [0.1, 0.15) is 0 Å². The van der Waals surface area contributed by atoms with Crippen molar-refractivity contribution in [1.82, 2.24) is 15.0 Å². The number of carboxylic acid groups (broad SMARTS) is 1. The second kappa shape index (κ2) is 3.15. The summed E-state index contributed by atoms with van der Waals surface area (Å²) >= 11 is 5.69. The molecule has 0 atom stereocenters. The normalized spacial score (nSPS) is 10.4. The van der Waals surface area contributed by atoms with E-state index in [4.69, 9.17) is 16.7 Å². The van der Waals surface area contributed by atoms with Crippen molar-refractivity contribution in [1.29, 1.82) is 0 Å². The van der Waals surface area contributed by atoms with E-state index in [1.54, 1.807) is 6.07 Å². The zero-order valence-electron chi connectivity index (χ0n) is 6.78. The number of H-pyrrole nitrogens is 1. The van der Waals surface area contributed by atoms with Gasteiger partial charge in [-0.25, -0.2) is 9.78 Å². The van der Waals surface area contributed by atoms with Crippen LogP contribution in [0.25, 0.3) is 11.2 Å². The molecular weight excluding hydrogens is 208 g/mol. The van der Waals surface area contributed by atoms with Crippen LogP contribution >= 0.6 is 11.6 Å². The standard InChI is InChI=1S/C7H5ClN4O2/c8-3-1-4-5(9-2-3)11-6(10-4)12-7(13)14/h1-2H,(H,13,14)(H2,9,10,11,12). The lowest BCUT2D eigenvalue weighted by Crippen LogP contribution is -2.08. The lowest BCUT2D eigenvalue weighted by Gasteiger charge is -1.90. The molecule has 0 aliphatic carbocycles. The lowest BCUT2D eigenvalue weighted by molar-refractivity contribution is 0.209. The van der Waals surface area contributed by atoms with Crippen LogP contribution in [0.3, 0.4) is 0 Å². The van der Waals surface area contributed by atoms with Crippen molar-refractivity contribution < 1.29 is 9.90 Å². The predicted octanol–water partition coefficient (Wildman–Crippen LogP) is 1.70. The van der Waals surface area contributed by atoms with E-state index in [0.29, 0.717) is 16.2 Å². The largest absolute Gasteiger partial charge is 0.465 e.